The van der Waals surface area contributed by atoms with Crippen LogP contribution < -0.4 is 0 Å². The Morgan fingerprint density at radius 3 is 2.75 bits per heavy atom. The number of nitriles is 1. The minimum atomic E-state index is -0.354. The summed E-state index contributed by atoms with van der Waals surface area (Å²) in [6, 6.07) is 6.28. The van der Waals surface area contributed by atoms with Crippen molar-refractivity contribution in [3.63, 3.8) is 0 Å². The van der Waals surface area contributed by atoms with Crippen molar-refractivity contribution in [3.05, 3.63) is 35.1 Å². The quantitative estimate of drug-likeness (QED) is 0.570. The number of rotatable bonds is 1. The van der Waals surface area contributed by atoms with Gasteiger partial charge in [0.2, 0.25) is 0 Å². The molecule has 0 aliphatic heterocycles. The molecule has 12 heavy (non-hydrogen) atoms. The fourth-order valence-corrected chi connectivity index (χ4v) is 1.52. The Morgan fingerprint density at radius 2 is 2.25 bits per heavy atom. The first-order chi connectivity index (χ1) is 5.65. The third kappa shape index (κ3) is 1.95. The van der Waals surface area contributed by atoms with E-state index in [2.05, 4.69) is 22.6 Å². The van der Waals surface area contributed by atoms with Crippen LogP contribution in [0, 0.1) is 17.1 Å². The van der Waals surface area contributed by atoms with Gasteiger partial charge in [0.1, 0.15) is 5.82 Å². The summed E-state index contributed by atoms with van der Waals surface area (Å²) < 4.78 is 12.9. The molecule has 0 saturated heterocycles. The fraction of sp³-hybridized carbons (Fsp3) is 0.222. The van der Waals surface area contributed by atoms with E-state index in [9.17, 15) is 4.39 Å². The van der Waals surface area contributed by atoms with Crippen molar-refractivity contribution in [2.45, 2.75) is 10.8 Å². The van der Waals surface area contributed by atoms with E-state index in [-0.39, 0.29) is 9.74 Å². The van der Waals surface area contributed by atoms with Gasteiger partial charge in [-0.05, 0) is 24.6 Å². The highest BCUT2D eigenvalue weighted by atomic mass is 127. The lowest BCUT2D eigenvalue weighted by Gasteiger charge is -2.04. The molecular formula is C9H7FIN. The van der Waals surface area contributed by atoms with Crippen LogP contribution in [0.4, 0.5) is 4.39 Å². The highest BCUT2D eigenvalue weighted by Gasteiger charge is 2.07. The van der Waals surface area contributed by atoms with Gasteiger partial charge in [-0.3, -0.25) is 0 Å². The van der Waals surface area contributed by atoms with Crippen LogP contribution in [0.5, 0.6) is 0 Å². The van der Waals surface area contributed by atoms with Crippen molar-refractivity contribution in [2.24, 2.45) is 0 Å². The summed E-state index contributed by atoms with van der Waals surface area (Å²) in [6.45, 7) is 1.97. The maximum Gasteiger partial charge on any atom is 0.124 e. The van der Waals surface area contributed by atoms with Crippen LogP contribution in [0.25, 0.3) is 0 Å². The molecule has 1 aromatic rings. The lowest BCUT2D eigenvalue weighted by atomic mass is 10.1. The van der Waals surface area contributed by atoms with Crippen LogP contribution >= 0.6 is 22.6 Å². The van der Waals surface area contributed by atoms with Crippen LogP contribution in [-0.4, -0.2) is 0 Å². The molecule has 0 spiro atoms. The molecule has 1 unspecified atom stereocenters. The molecule has 1 aromatic carbocycles. The van der Waals surface area contributed by atoms with E-state index in [4.69, 9.17) is 5.26 Å². The lowest BCUT2D eigenvalue weighted by molar-refractivity contribution is 0.626. The molecule has 1 rings (SSSR count). The van der Waals surface area contributed by atoms with E-state index < -0.39 is 0 Å². The van der Waals surface area contributed by atoms with Crippen LogP contribution in [0.2, 0.25) is 0 Å². The standard InChI is InChI=1S/C9H7FIN/c1-6(11)9-3-2-8(10)4-7(9)5-12/h2-4,6H,1H3. The smallest absolute Gasteiger partial charge is 0.124 e. The maximum absolute atomic E-state index is 12.6. The first-order valence-electron chi connectivity index (χ1n) is 3.48. The second-order valence-electron chi connectivity index (χ2n) is 2.46. The van der Waals surface area contributed by atoms with Gasteiger partial charge in [-0.1, -0.05) is 28.7 Å². The summed E-state index contributed by atoms with van der Waals surface area (Å²) >= 11 is 2.20. The van der Waals surface area contributed by atoms with E-state index in [1.54, 1.807) is 6.07 Å². The zero-order valence-corrected chi connectivity index (χ0v) is 8.67. The Bertz CT molecular complexity index is 328. The van der Waals surface area contributed by atoms with E-state index in [0.29, 0.717) is 5.56 Å². The summed E-state index contributed by atoms with van der Waals surface area (Å²) in [6.07, 6.45) is 0. The third-order valence-corrected chi connectivity index (χ3v) is 2.24. The average molecular weight is 275 g/mol. The normalized spacial score (nSPS) is 12.2. The predicted octanol–water partition coefficient (Wildman–Crippen LogP) is 3.19. The first kappa shape index (κ1) is 9.46. The molecule has 62 valence electrons. The van der Waals surface area contributed by atoms with Gasteiger partial charge < -0.3 is 0 Å². The van der Waals surface area contributed by atoms with Gasteiger partial charge >= 0.3 is 0 Å². The second-order valence-corrected chi connectivity index (χ2v) is 4.33. The molecule has 0 heterocycles. The van der Waals surface area contributed by atoms with E-state index in [1.165, 1.54) is 12.1 Å². The molecule has 0 N–H and O–H groups in total. The van der Waals surface area contributed by atoms with Crippen LogP contribution in [0.15, 0.2) is 18.2 Å². The predicted molar refractivity (Wildman–Crippen MR) is 53.6 cm³/mol. The molecular weight excluding hydrogens is 268 g/mol. The number of benzene rings is 1. The molecule has 0 bridgehead atoms. The molecule has 0 fully saturated rings. The van der Waals surface area contributed by atoms with E-state index >= 15 is 0 Å². The topological polar surface area (TPSA) is 23.8 Å². The van der Waals surface area contributed by atoms with Crippen LogP contribution in [0.3, 0.4) is 0 Å². The summed E-state index contributed by atoms with van der Waals surface area (Å²) in [7, 11) is 0. The number of hydrogen-bond acceptors (Lipinski definition) is 1. The molecule has 0 aliphatic rings. The van der Waals surface area contributed by atoms with Crippen molar-refractivity contribution in [1.82, 2.24) is 0 Å². The second kappa shape index (κ2) is 3.85. The van der Waals surface area contributed by atoms with Gasteiger partial charge in [0.25, 0.3) is 0 Å². The largest absolute Gasteiger partial charge is 0.207 e. The third-order valence-electron chi connectivity index (χ3n) is 1.56. The van der Waals surface area contributed by atoms with Gasteiger partial charge in [-0.2, -0.15) is 5.26 Å². The Hall–Kier alpha value is -0.630. The summed E-state index contributed by atoms with van der Waals surface area (Å²) in [5.74, 6) is -0.354. The van der Waals surface area contributed by atoms with E-state index in [1.807, 2.05) is 13.0 Å². The Morgan fingerprint density at radius 1 is 1.58 bits per heavy atom. The minimum absolute atomic E-state index is 0.234. The van der Waals surface area contributed by atoms with Crippen molar-refractivity contribution in [3.8, 4) is 6.07 Å². The van der Waals surface area contributed by atoms with Crippen LogP contribution in [0.1, 0.15) is 22.0 Å². The fourth-order valence-electron chi connectivity index (χ4n) is 0.972. The molecule has 0 saturated carbocycles. The number of halogens is 2. The minimum Gasteiger partial charge on any atom is -0.207 e. The van der Waals surface area contributed by atoms with Crippen molar-refractivity contribution < 1.29 is 4.39 Å². The maximum atomic E-state index is 12.6. The monoisotopic (exact) mass is 275 g/mol. The number of nitrogens with zero attached hydrogens (tertiary/aromatic N) is 1. The van der Waals surface area contributed by atoms with Gasteiger partial charge in [0, 0.05) is 3.92 Å². The zero-order chi connectivity index (χ0) is 9.14. The van der Waals surface area contributed by atoms with Gasteiger partial charge in [0.15, 0.2) is 0 Å². The van der Waals surface area contributed by atoms with Crippen LogP contribution in [-0.2, 0) is 0 Å². The average Bonchev–Trinajstić information content (AvgIpc) is 2.03. The Balaban J connectivity index is 3.23. The molecule has 1 atom stereocenters. The van der Waals surface area contributed by atoms with Gasteiger partial charge in [0.05, 0.1) is 11.6 Å². The van der Waals surface area contributed by atoms with Crippen molar-refractivity contribution in [2.75, 3.05) is 0 Å². The summed E-state index contributed by atoms with van der Waals surface area (Å²) in [5, 5.41) is 8.67. The number of alkyl halides is 1. The molecule has 1 nitrogen and oxygen atoms in total. The SMILES string of the molecule is CC(I)c1ccc(F)cc1C#N. The molecule has 0 aromatic heterocycles. The summed E-state index contributed by atoms with van der Waals surface area (Å²) in [5.41, 5.74) is 1.32. The molecule has 0 radical (unpaired) electrons. The Labute approximate surface area is 84.3 Å². The van der Waals surface area contributed by atoms with E-state index in [0.717, 1.165) is 5.56 Å². The van der Waals surface area contributed by atoms with Gasteiger partial charge in [-0.15, -0.1) is 0 Å². The summed E-state index contributed by atoms with van der Waals surface area (Å²) in [4.78, 5) is 0. The lowest BCUT2D eigenvalue weighted by Crippen LogP contribution is -1.90. The Kier molecular flexibility index (Phi) is 3.04. The van der Waals surface area contributed by atoms with Crippen molar-refractivity contribution >= 4 is 22.6 Å². The zero-order valence-electron chi connectivity index (χ0n) is 6.51. The molecule has 0 amide bonds. The first-order valence-corrected chi connectivity index (χ1v) is 4.73. The highest BCUT2D eigenvalue weighted by Crippen LogP contribution is 2.25. The highest BCUT2D eigenvalue weighted by molar-refractivity contribution is 14.1. The molecule has 3 heteroatoms. The van der Waals surface area contributed by atoms with Gasteiger partial charge in [-0.25, -0.2) is 4.39 Å². The number of hydrogen-bond donors (Lipinski definition) is 0. The van der Waals surface area contributed by atoms with Crippen molar-refractivity contribution in [1.29, 1.82) is 5.26 Å². The molecule has 0 aliphatic carbocycles.